The minimum Gasteiger partial charge on any atom is -0.487 e. The molecule has 0 saturated heterocycles. The molecule has 3 aromatic rings. The quantitative estimate of drug-likeness (QED) is 0.117. The average Bonchev–Trinajstić information content (AvgIpc) is 3.39. The Kier molecular flexibility index (Phi) is 12.4. The highest BCUT2D eigenvalue weighted by atomic mass is 32.2. The minimum atomic E-state index is -4.81. The molecular weight excluding hydrogens is 626 g/mol. The highest BCUT2D eigenvalue weighted by molar-refractivity contribution is 7.89. The number of ether oxygens (including phenoxy) is 1. The summed E-state index contributed by atoms with van der Waals surface area (Å²) < 4.78 is 107. The van der Waals surface area contributed by atoms with Crippen LogP contribution in [0.15, 0.2) is 79.3 Å². The number of aromatic nitrogens is 2. The first-order chi connectivity index (χ1) is 21.1. The van der Waals surface area contributed by atoms with Gasteiger partial charge in [-0.25, -0.2) is 18.1 Å². The van der Waals surface area contributed by atoms with Crippen molar-refractivity contribution in [3.05, 3.63) is 102 Å². The zero-order chi connectivity index (χ0) is 33.1. The van der Waals surface area contributed by atoms with Crippen LogP contribution in [0.25, 0.3) is 6.08 Å². The fourth-order valence-corrected chi connectivity index (χ4v) is 5.04. The third kappa shape index (κ3) is 13.2. The lowest BCUT2D eigenvalue weighted by Gasteiger charge is -2.11. The second kappa shape index (κ2) is 15.8. The van der Waals surface area contributed by atoms with E-state index >= 15 is 0 Å². The Morgan fingerprint density at radius 2 is 1.67 bits per heavy atom. The lowest BCUT2D eigenvalue weighted by Crippen LogP contribution is -2.34. The molecule has 0 bridgehead atoms. The van der Waals surface area contributed by atoms with Crippen LogP contribution in [0.5, 0.6) is 5.75 Å². The second-order valence-electron chi connectivity index (χ2n) is 9.99. The summed E-state index contributed by atoms with van der Waals surface area (Å²) in [5, 5.41) is 2.54. The van der Waals surface area contributed by atoms with Gasteiger partial charge >= 0.3 is 12.4 Å². The number of alkyl halides is 6. The Morgan fingerprint density at radius 3 is 2.31 bits per heavy atom. The predicted molar refractivity (Wildman–Crippen MR) is 156 cm³/mol. The standard InChI is InChI=1S/C30H32F6N4O4S/c1-22(39-28(41)14-9-24-5-10-25(11-6-24)30(34,35)36)20-44-26-12-7-23(8-13-26)4-2-3-18-40-19-17-37-27(40)15-16-38-45(42,43)21-29(31,32)33/h5-14,17,19,38H,1-4,15-16,18,20-21H2,(H,39,41)/b14-9+. The molecule has 0 aliphatic heterocycles. The van der Waals surface area contributed by atoms with Crippen LogP contribution in [0, 0.1) is 0 Å². The van der Waals surface area contributed by atoms with E-state index in [1.807, 2.05) is 21.4 Å². The summed E-state index contributed by atoms with van der Waals surface area (Å²) in [7, 11) is -4.46. The molecule has 1 aromatic heterocycles. The maximum absolute atomic E-state index is 12.7. The average molecular weight is 659 g/mol. The van der Waals surface area contributed by atoms with Crippen LogP contribution in [-0.2, 0) is 40.4 Å². The fourth-order valence-electron chi connectivity index (χ4n) is 4.10. The number of unbranched alkanes of at least 4 members (excludes halogenated alkanes) is 1. The van der Waals surface area contributed by atoms with Gasteiger partial charge in [-0.3, -0.25) is 4.79 Å². The number of nitrogens with one attached hydrogen (secondary N) is 2. The maximum atomic E-state index is 12.7. The first kappa shape index (κ1) is 35.4. The Bertz CT molecular complexity index is 1550. The zero-order valence-electron chi connectivity index (χ0n) is 24.0. The molecule has 0 spiro atoms. The van der Waals surface area contributed by atoms with Crippen LogP contribution in [0.2, 0.25) is 0 Å². The molecule has 1 amide bonds. The number of amides is 1. The number of benzene rings is 2. The lowest BCUT2D eigenvalue weighted by atomic mass is 10.1. The maximum Gasteiger partial charge on any atom is 0.416 e. The van der Waals surface area contributed by atoms with Crippen molar-refractivity contribution in [1.82, 2.24) is 19.6 Å². The molecule has 1 heterocycles. The first-order valence-corrected chi connectivity index (χ1v) is 15.3. The van der Waals surface area contributed by atoms with Gasteiger partial charge in [0, 0.05) is 43.7 Å². The van der Waals surface area contributed by atoms with Gasteiger partial charge in [-0.15, -0.1) is 0 Å². The number of carbonyl (C=O) groups is 1. The molecule has 0 unspecified atom stereocenters. The summed E-state index contributed by atoms with van der Waals surface area (Å²) in [6.07, 6.45) is -0.840. The van der Waals surface area contributed by atoms with Crippen molar-refractivity contribution in [1.29, 1.82) is 0 Å². The topological polar surface area (TPSA) is 102 Å². The first-order valence-electron chi connectivity index (χ1n) is 13.7. The number of aryl methyl sites for hydroxylation is 2. The number of rotatable bonds is 16. The predicted octanol–water partition coefficient (Wildman–Crippen LogP) is 5.67. The highest BCUT2D eigenvalue weighted by Gasteiger charge is 2.34. The zero-order valence-corrected chi connectivity index (χ0v) is 24.8. The summed E-state index contributed by atoms with van der Waals surface area (Å²) in [5.41, 5.74) is 1.01. The lowest BCUT2D eigenvalue weighted by molar-refractivity contribution is -0.137. The second-order valence-corrected chi connectivity index (χ2v) is 11.8. The fraction of sp³-hybridized carbons (Fsp3) is 0.333. The largest absolute Gasteiger partial charge is 0.487 e. The van der Waals surface area contributed by atoms with Crippen LogP contribution in [-0.4, -0.2) is 49.0 Å². The van der Waals surface area contributed by atoms with E-state index in [0.717, 1.165) is 37.0 Å². The van der Waals surface area contributed by atoms with E-state index in [4.69, 9.17) is 4.74 Å². The van der Waals surface area contributed by atoms with Gasteiger partial charge in [0.2, 0.25) is 15.9 Å². The third-order valence-electron chi connectivity index (χ3n) is 6.24. The van der Waals surface area contributed by atoms with Crippen molar-refractivity contribution < 1.29 is 44.3 Å². The molecule has 2 aromatic carbocycles. The van der Waals surface area contributed by atoms with Crippen molar-refractivity contribution in [3.8, 4) is 5.75 Å². The number of imidazole rings is 1. The van der Waals surface area contributed by atoms with E-state index in [1.54, 1.807) is 24.5 Å². The summed E-state index contributed by atoms with van der Waals surface area (Å²) in [6, 6.07) is 11.8. The van der Waals surface area contributed by atoms with Crippen LogP contribution < -0.4 is 14.8 Å². The molecule has 0 atom stereocenters. The minimum absolute atomic E-state index is 0.0101. The van der Waals surface area contributed by atoms with Crippen molar-refractivity contribution in [2.24, 2.45) is 0 Å². The number of nitrogens with zero attached hydrogens (tertiary/aromatic N) is 2. The number of hydrogen-bond donors (Lipinski definition) is 2. The normalized spacial score (nSPS) is 12.4. The van der Waals surface area contributed by atoms with E-state index in [9.17, 15) is 39.6 Å². The van der Waals surface area contributed by atoms with Crippen molar-refractivity contribution in [3.63, 3.8) is 0 Å². The molecule has 2 N–H and O–H groups in total. The molecule has 45 heavy (non-hydrogen) atoms. The molecule has 244 valence electrons. The SMILES string of the molecule is C=C(COc1ccc(CCCCn2ccnc2CCNS(=O)(=O)CC(F)(F)F)cc1)NC(=O)/C=C/c1ccc(C(F)(F)F)cc1. The Labute approximate surface area is 256 Å². The van der Waals surface area contributed by atoms with Crippen LogP contribution >= 0.6 is 0 Å². The van der Waals surface area contributed by atoms with Crippen LogP contribution in [0.3, 0.4) is 0 Å². The van der Waals surface area contributed by atoms with E-state index in [0.29, 0.717) is 29.4 Å². The van der Waals surface area contributed by atoms with Gasteiger partial charge in [0.25, 0.3) is 0 Å². The van der Waals surface area contributed by atoms with Gasteiger partial charge < -0.3 is 14.6 Å². The van der Waals surface area contributed by atoms with E-state index in [1.165, 1.54) is 24.3 Å². The van der Waals surface area contributed by atoms with Gasteiger partial charge in [-0.05, 0) is 60.7 Å². The van der Waals surface area contributed by atoms with Crippen molar-refractivity contribution in [2.45, 2.75) is 44.6 Å². The Balaban J connectivity index is 1.34. The number of halogens is 6. The van der Waals surface area contributed by atoms with Gasteiger partial charge in [-0.2, -0.15) is 26.3 Å². The molecular formula is C30H32F6N4O4S. The van der Waals surface area contributed by atoms with E-state index < -0.39 is 39.6 Å². The molecule has 0 aliphatic carbocycles. The summed E-state index contributed by atoms with van der Waals surface area (Å²) >= 11 is 0. The van der Waals surface area contributed by atoms with E-state index in [2.05, 4.69) is 16.9 Å². The van der Waals surface area contributed by atoms with Crippen molar-refractivity contribution in [2.75, 3.05) is 18.9 Å². The van der Waals surface area contributed by atoms with E-state index in [-0.39, 0.29) is 19.6 Å². The number of hydrogen-bond acceptors (Lipinski definition) is 5. The van der Waals surface area contributed by atoms with Crippen LogP contribution in [0.1, 0.15) is 35.4 Å². The summed E-state index contributed by atoms with van der Waals surface area (Å²) in [4.78, 5) is 16.3. The molecule has 15 heteroatoms. The monoisotopic (exact) mass is 658 g/mol. The molecule has 0 fully saturated rings. The van der Waals surface area contributed by atoms with Gasteiger partial charge in [0.1, 0.15) is 18.2 Å². The summed E-state index contributed by atoms with van der Waals surface area (Å²) in [5.74, 6) is -1.30. The molecule has 8 nitrogen and oxygen atoms in total. The smallest absolute Gasteiger partial charge is 0.416 e. The molecule has 0 aliphatic rings. The molecule has 0 radical (unpaired) electrons. The Hall–Kier alpha value is -4.11. The van der Waals surface area contributed by atoms with Gasteiger partial charge in [0.15, 0.2) is 5.75 Å². The molecule has 0 saturated carbocycles. The highest BCUT2D eigenvalue weighted by Crippen LogP contribution is 2.29. The van der Waals surface area contributed by atoms with Crippen molar-refractivity contribution >= 4 is 22.0 Å². The van der Waals surface area contributed by atoms with Gasteiger partial charge in [-0.1, -0.05) is 30.8 Å². The molecule has 3 rings (SSSR count). The third-order valence-corrected chi connectivity index (χ3v) is 7.59. The Morgan fingerprint density at radius 1 is 0.978 bits per heavy atom. The number of carbonyl (C=O) groups excluding carboxylic acids is 1. The van der Waals surface area contributed by atoms with Crippen LogP contribution in [0.4, 0.5) is 26.3 Å². The number of sulfonamides is 1. The van der Waals surface area contributed by atoms with Gasteiger partial charge in [0.05, 0.1) is 5.56 Å². The summed E-state index contributed by atoms with van der Waals surface area (Å²) in [6.45, 7) is 4.18.